The lowest BCUT2D eigenvalue weighted by atomic mass is 10.1. The first kappa shape index (κ1) is 17.9. The molecule has 118 valence electrons. The first-order valence-electron chi connectivity index (χ1n) is 6.31. The van der Waals surface area contributed by atoms with Crippen molar-refractivity contribution in [2.24, 2.45) is 0 Å². The second kappa shape index (κ2) is 8.36. The molecule has 0 bridgehead atoms. The molecule has 2 unspecified atom stereocenters. The maximum absolute atomic E-state index is 13.4. The summed E-state index contributed by atoms with van der Waals surface area (Å²) in [6.45, 7) is -1.57. The Kier molecular flexibility index (Phi) is 7.14. The van der Waals surface area contributed by atoms with Gasteiger partial charge in [0.25, 0.3) is 5.92 Å². The van der Waals surface area contributed by atoms with Crippen LogP contribution in [0.1, 0.15) is 23.2 Å². The molecule has 0 aromatic heterocycles. The van der Waals surface area contributed by atoms with E-state index in [1.807, 2.05) is 0 Å². The molecule has 1 rings (SSSR count). The van der Waals surface area contributed by atoms with E-state index in [4.69, 9.17) is 0 Å². The van der Waals surface area contributed by atoms with E-state index in [0.717, 1.165) is 11.8 Å². The number of thioether (sulfide) groups is 1. The molecule has 0 heterocycles. The first-order chi connectivity index (χ1) is 9.86. The van der Waals surface area contributed by atoms with Gasteiger partial charge in [0.05, 0.1) is 0 Å². The lowest BCUT2D eigenvalue weighted by Crippen LogP contribution is -2.34. The fourth-order valence-corrected chi connectivity index (χ4v) is 2.41. The summed E-state index contributed by atoms with van der Waals surface area (Å²) in [4.78, 5) is 11.6. The van der Waals surface area contributed by atoms with Crippen LogP contribution in [0.3, 0.4) is 0 Å². The van der Waals surface area contributed by atoms with Crippen LogP contribution in [-0.2, 0) is 0 Å². The lowest BCUT2D eigenvalue weighted by molar-refractivity contribution is -0.0940. The van der Waals surface area contributed by atoms with Gasteiger partial charge in [0.1, 0.15) is 12.8 Å². The van der Waals surface area contributed by atoms with Crippen molar-refractivity contribution in [3.05, 3.63) is 35.9 Å². The Hall–Kier alpha value is -1.11. The lowest BCUT2D eigenvalue weighted by Gasteiger charge is -2.21. The van der Waals surface area contributed by atoms with Crippen LogP contribution in [0.5, 0.6) is 0 Å². The third-order valence-corrected chi connectivity index (χ3v) is 3.67. The smallest absolute Gasteiger partial charge is 0.281 e. The number of alkyl halides is 5. The molecule has 0 aliphatic rings. The topological polar surface area (TPSA) is 17.1 Å². The molecule has 0 amide bonds. The highest BCUT2D eigenvalue weighted by Crippen LogP contribution is 2.31. The van der Waals surface area contributed by atoms with E-state index < -0.39 is 37.8 Å². The van der Waals surface area contributed by atoms with Crippen molar-refractivity contribution in [2.45, 2.75) is 31.1 Å². The highest BCUT2D eigenvalue weighted by Gasteiger charge is 2.42. The Balaban J connectivity index is 2.39. The number of hydrogen-bond donors (Lipinski definition) is 0. The Labute approximate surface area is 123 Å². The molecule has 1 aromatic carbocycles. The van der Waals surface area contributed by atoms with Crippen molar-refractivity contribution >= 4 is 16.9 Å². The fourth-order valence-electron chi connectivity index (χ4n) is 1.60. The van der Waals surface area contributed by atoms with Crippen LogP contribution in [0.15, 0.2) is 30.3 Å². The summed E-state index contributed by atoms with van der Waals surface area (Å²) in [7, 11) is 0. The van der Waals surface area contributed by atoms with Crippen molar-refractivity contribution in [3.8, 4) is 0 Å². The molecular weight excluding hydrogens is 311 g/mol. The van der Waals surface area contributed by atoms with Crippen molar-refractivity contribution in [3.63, 3.8) is 0 Å². The van der Waals surface area contributed by atoms with Gasteiger partial charge in [0.2, 0.25) is 5.12 Å². The molecule has 21 heavy (non-hydrogen) atoms. The number of carbonyl (C=O) groups is 1. The Bertz CT molecular complexity index is 440. The molecule has 0 saturated carbocycles. The predicted molar refractivity (Wildman–Crippen MR) is 73.2 cm³/mol. The molecule has 0 aliphatic carbocycles. The van der Waals surface area contributed by atoms with Crippen LogP contribution in [0.25, 0.3) is 0 Å². The molecule has 1 nitrogen and oxygen atoms in total. The van der Waals surface area contributed by atoms with E-state index in [0.29, 0.717) is 5.56 Å². The van der Waals surface area contributed by atoms with Crippen molar-refractivity contribution in [1.82, 2.24) is 0 Å². The number of benzene rings is 1. The van der Waals surface area contributed by atoms with E-state index in [2.05, 4.69) is 0 Å². The van der Waals surface area contributed by atoms with Crippen LogP contribution < -0.4 is 0 Å². The Morgan fingerprint density at radius 2 is 1.81 bits per heavy atom. The maximum atomic E-state index is 13.4. The third kappa shape index (κ3) is 6.03. The zero-order valence-electron chi connectivity index (χ0n) is 11.1. The van der Waals surface area contributed by atoms with Gasteiger partial charge >= 0.3 is 0 Å². The van der Waals surface area contributed by atoms with Gasteiger partial charge in [-0.05, 0) is 6.42 Å². The zero-order chi connectivity index (χ0) is 15.9. The summed E-state index contributed by atoms with van der Waals surface area (Å²) in [5.41, 5.74) is 0.394. The molecule has 1 aromatic rings. The molecule has 0 saturated heterocycles. The van der Waals surface area contributed by atoms with E-state index in [9.17, 15) is 26.7 Å². The summed E-state index contributed by atoms with van der Waals surface area (Å²) in [5.74, 6) is -4.08. The summed E-state index contributed by atoms with van der Waals surface area (Å²) >= 11 is 0.719. The molecule has 2 atom stereocenters. The van der Waals surface area contributed by atoms with Crippen LogP contribution in [0.4, 0.5) is 22.0 Å². The predicted octanol–water partition coefficient (Wildman–Crippen LogP) is 4.62. The minimum atomic E-state index is -3.93. The standard InChI is InChI=1S/C14H15F5OS/c15-9-11(16)8-14(18,19)12(17)6-7-21-13(20)10-4-2-1-3-5-10/h1-5,11-12H,6-9H2. The third-order valence-electron chi connectivity index (χ3n) is 2.73. The number of hydrogen-bond acceptors (Lipinski definition) is 2. The van der Waals surface area contributed by atoms with E-state index in [1.165, 1.54) is 0 Å². The first-order valence-corrected chi connectivity index (χ1v) is 7.29. The molecule has 7 heteroatoms. The largest absolute Gasteiger partial charge is 0.282 e. The minimum absolute atomic E-state index is 0.156. The minimum Gasteiger partial charge on any atom is -0.282 e. The summed E-state index contributed by atoms with van der Waals surface area (Å²) in [6, 6.07) is 8.14. The van der Waals surface area contributed by atoms with Gasteiger partial charge in [-0.15, -0.1) is 0 Å². The normalized spacial score (nSPS) is 14.7. The highest BCUT2D eigenvalue weighted by atomic mass is 32.2. The van der Waals surface area contributed by atoms with E-state index in [1.54, 1.807) is 30.3 Å². The summed E-state index contributed by atoms with van der Waals surface area (Å²) < 4.78 is 64.2. The van der Waals surface area contributed by atoms with Gasteiger partial charge in [-0.2, -0.15) is 0 Å². The van der Waals surface area contributed by atoms with Crippen LogP contribution >= 0.6 is 11.8 Å². The molecule has 0 aliphatic heterocycles. The van der Waals surface area contributed by atoms with Crippen molar-refractivity contribution < 1.29 is 26.7 Å². The fraction of sp³-hybridized carbons (Fsp3) is 0.500. The zero-order valence-corrected chi connectivity index (χ0v) is 11.9. The molecular formula is C14H15F5OS. The van der Waals surface area contributed by atoms with Crippen LogP contribution in [-0.4, -0.2) is 35.8 Å². The van der Waals surface area contributed by atoms with Gasteiger partial charge < -0.3 is 0 Å². The molecule has 0 N–H and O–H groups in total. The number of halogens is 5. The monoisotopic (exact) mass is 326 g/mol. The number of rotatable bonds is 8. The quantitative estimate of drug-likeness (QED) is 0.648. The van der Waals surface area contributed by atoms with Gasteiger partial charge in [0, 0.05) is 17.7 Å². The average molecular weight is 326 g/mol. The average Bonchev–Trinajstić information content (AvgIpc) is 2.47. The molecule has 0 fully saturated rings. The van der Waals surface area contributed by atoms with Gasteiger partial charge in [-0.1, -0.05) is 42.1 Å². The van der Waals surface area contributed by atoms with Gasteiger partial charge in [0.15, 0.2) is 6.17 Å². The second-order valence-corrected chi connectivity index (χ2v) is 5.54. The van der Waals surface area contributed by atoms with Crippen molar-refractivity contribution in [2.75, 3.05) is 12.4 Å². The summed E-state index contributed by atoms with van der Waals surface area (Å²) in [5, 5.41) is -0.349. The van der Waals surface area contributed by atoms with Crippen LogP contribution in [0.2, 0.25) is 0 Å². The maximum Gasteiger partial charge on any atom is 0.281 e. The highest BCUT2D eigenvalue weighted by molar-refractivity contribution is 8.14. The van der Waals surface area contributed by atoms with Gasteiger partial charge in [-0.3, -0.25) is 4.79 Å². The second-order valence-electron chi connectivity index (χ2n) is 4.47. The van der Waals surface area contributed by atoms with E-state index >= 15 is 0 Å². The van der Waals surface area contributed by atoms with E-state index in [-0.39, 0.29) is 10.9 Å². The Morgan fingerprint density at radius 3 is 2.38 bits per heavy atom. The summed E-state index contributed by atoms with van der Waals surface area (Å²) in [6.07, 6.45) is -7.06. The molecule has 0 spiro atoms. The molecule has 0 radical (unpaired) electrons. The Morgan fingerprint density at radius 1 is 1.19 bits per heavy atom. The SMILES string of the molecule is O=C(SCCC(F)C(F)(F)CC(F)CF)c1ccccc1. The number of carbonyl (C=O) groups excluding carboxylic acids is 1. The van der Waals surface area contributed by atoms with Crippen LogP contribution in [0, 0.1) is 0 Å². The van der Waals surface area contributed by atoms with Crippen molar-refractivity contribution in [1.29, 1.82) is 0 Å². The van der Waals surface area contributed by atoms with Gasteiger partial charge in [-0.25, -0.2) is 22.0 Å².